The molecule has 0 spiro atoms. The lowest BCUT2D eigenvalue weighted by molar-refractivity contribution is 0.249. The fourth-order valence-corrected chi connectivity index (χ4v) is 3.41. The highest BCUT2D eigenvalue weighted by Crippen LogP contribution is 2.27. The molecule has 1 N–H and O–H groups in total. The minimum absolute atomic E-state index is 0.139. The summed E-state index contributed by atoms with van der Waals surface area (Å²) in [6.45, 7) is 4.84. The maximum atomic E-state index is 12.4. The van der Waals surface area contributed by atoms with Crippen LogP contribution in [0, 0.1) is 0 Å². The molecule has 0 atom stereocenters. The first kappa shape index (κ1) is 15.4. The van der Waals surface area contributed by atoms with E-state index in [2.05, 4.69) is 24.1 Å². The lowest BCUT2D eigenvalue weighted by Gasteiger charge is -2.33. The van der Waals surface area contributed by atoms with Gasteiger partial charge in [-0.05, 0) is 24.5 Å². The van der Waals surface area contributed by atoms with E-state index in [9.17, 15) is 8.42 Å². The number of hydrogen-bond acceptors (Lipinski definition) is 4. The lowest BCUT2D eigenvalue weighted by atomic mass is 9.94. The zero-order valence-corrected chi connectivity index (χ0v) is 13.2. The summed E-state index contributed by atoms with van der Waals surface area (Å²) in [6, 6.07) is 3.96. The topological polar surface area (TPSA) is 62.3 Å². The van der Waals surface area contributed by atoms with E-state index in [4.69, 9.17) is 0 Å². The van der Waals surface area contributed by atoms with Crippen LogP contribution in [0.2, 0.25) is 0 Å². The zero-order chi connectivity index (χ0) is 14.8. The van der Waals surface area contributed by atoms with E-state index in [1.807, 2.05) is 6.07 Å². The van der Waals surface area contributed by atoms with Crippen LogP contribution in [-0.2, 0) is 16.6 Å². The molecule has 6 heteroatoms. The van der Waals surface area contributed by atoms with E-state index in [1.54, 1.807) is 19.3 Å². The van der Waals surface area contributed by atoms with Crippen molar-refractivity contribution in [2.45, 2.75) is 56.8 Å². The van der Waals surface area contributed by atoms with E-state index < -0.39 is 10.0 Å². The predicted octanol–water partition coefficient (Wildman–Crippen LogP) is 1.75. The van der Waals surface area contributed by atoms with Crippen molar-refractivity contribution in [3.05, 3.63) is 23.9 Å². The molecule has 1 aromatic rings. The van der Waals surface area contributed by atoms with Crippen LogP contribution in [0.1, 0.15) is 38.7 Å². The third-order valence-electron chi connectivity index (χ3n) is 3.74. The molecule has 2 rings (SSSR count). The molecular formula is C14H23N3O2S. The molecule has 0 saturated heterocycles. The van der Waals surface area contributed by atoms with E-state index in [0.29, 0.717) is 12.6 Å². The van der Waals surface area contributed by atoms with Gasteiger partial charge in [0.05, 0.1) is 0 Å². The minimum Gasteiger partial charge on any atom is -0.310 e. The van der Waals surface area contributed by atoms with Crippen LogP contribution in [0.25, 0.3) is 0 Å². The largest absolute Gasteiger partial charge is 0.310 e. The zero-order valence-electron chi connectivity index (χ0n) is 12.3. The van der Waals surface area contributed by atoms with E-state index in [0.717, 1.165) is 24.8 Å². The maximum Gasteiger partial charge on any atom is 0.260 e. The van der Waals surface area contributed by atoms with E-state index in [-0.39, 0.29) is 11.1 Å². The van der Waals surface area contributed by atoms with Crippen LogP contribution >= 0.6 is 0 Å². The van der Waals surface area contributed by atoms with E-state index >= 15 is 0 Å². The molecule has 0 radical (unpaired) electrons. The quantitative estimate of drug-likeness (QED) is 0.869. The summed E-state index contributed by atoms with van der Waals surface area (Å²) >= 11 is 0. The third kappa shape index (κ3) is 3.37. The van der Waals surface area contributed by atoms with Gasteiger partial charge >= 0.3 is 0 Å². The van der Waals surface area contributed by atoms with Gasteiger partial charge in [-0.3, -0.25) is 0 Å². The highest BCUT2D eigenvalue weighted by atomic mass is 32.2. The van der Waals surface area contributed by atoms with Crippen LogP contribution in [0.4, 0.5) is 0 Å². The fraction of sp³-hybridized carbons (Fsp3) is 0.643. The van der Waals surface area contributed by atoms with Gasteiger partial charge in [0.1, 0.15) is 0 Å². The smallest absolute Gasteiger partial charge is 0.260 e. The second-order valence-electron chi connectivity index (χ2n) is 5.65. The molecule has 112 valence electrons. The molecular weight excluding hydrogens is 274 g/mol. The average molecular weight is 297 g/mol. The summed E-state index contributed by atoms with van der Waals surface area (Å²) in [6.07, 6.45) is 4.65. The van der Waals surface area contributed by atoms with Crippen molar-refractivity contribution >= 4 is 10.0 Å². The van der Waals surface area contributed by atoms with Crippen molar-refractivity contribution in [2.75, 3.05) is 7.05 Å². The Morgan fingerprint density at radius 3 is 2.55 bits per heavy atom. The Morgan fingerprint density at radius 2 is 2.10 bits per heavy atom. The van der Waals surface area contributed by atoms with Crippen molar-refractivity contribution in [1.29, 1.82) is 0 Å². The van der Waals surface area contributed by atoms with Crippen molar-refractivity contribution < 1.29 is 8.42 Å². The summed E-state index contributed by atoms with van der Waals surface area (Å²) in [5, 5.41) is 3.42. The van der Waals surface area contributed by atoms with Gasteiger partial charge in [0.2, 0.25) is 0 Å². The predicted molar refractivity (Wildman–Crippen MR) is 78.8 cm³/mol. The SMILES string of the molecule is CC(C)NCc1ccc(S(=O)(=O)N(C)C2CCC2)nc1. The highest BCUT2D eigenvalue weighted by molar-refractivity contribution is 7.89. The summed E-state index contributed by atoms with van der Waals surface area (Å²) in [4.78, 5) is 4.12. The van der Waals surface area contributed by atoms with Crippen molar-refractivity contribution in [3.8, 4) is 0 Å². The molecule has 0 amide bonds. The third-order valence-corrected chi connectivity index (χ3v) is 5.57. The van der Waals surface area contributed by atoms with Gasteiger partial charge in [-0.1, -0.05) is 26.3 Å². The van der Waals surface area contributed by atoms with Crippen molar-refractivity contribution in [1.82, 2.24) is 14.6 Å². The van der Waals surface area contributed by atoms with Gasteiger partial charge in [-0.15, -0.1) is 0 Å². The molecule has 0 bridgehead atoms. The molecule has 20 heavy (non-hydrogen) atoms. The van der Waals surface area contributed by atoms with Crippen LogP contribution < -0.4 is 5.32 Å². The summed E-state index contributed by atoms with van der Waals surface area (Å²) in [7, 11) is -1.80. The van der Waals surface area contributed by atoms with Gasteiger partial charge in [-0.25, -0.2) is 13.4 Å². The maximum absolute atomic E-state index is 12.4. The molecule has 0 aliphatic heterocycles. The van der Waals surface area contributed by atoms with Crippen molar-refractivity contribution in [2.24, 2.45) is 0 Å². The second-order valence-corrected chi connectivity index (χ2v) is 7.59. The number of hydrogen-bond donors (Lipinski definition) is 1. The Morgan fingerprint density at radius 1 is 1.40 bits per heavy atom. The minimum atomic E-state index is -3.45. The van der Waals surface area contributed by atoms with Gasteiger partial charge in [-0.2, -0.15) is 4.31 Å². The molecule has 1 saturated carbocycles. The number of rotatable bonds is 6. The standard InChI is InChI=1S/C14H23N3O2S/c1-11(2)15-9-12-7-8-14(16-10-12)20(18,19)17(3)13-5-4-6-13/h7-8,10-11,13,15H,4-6,9H2,1-3H3. The fourth-order valence-electron chi connectivity index (χ4n) is 2.08. The van der Waals surface area contributed by atoms with Gasteiger partial charge < -0.3 is 5.32 Å². The molecule has 1 aliphatic rings. The molecule has 1 fully saturated rings. The number of nitrogens with zero attached hydrogens (tertiary/aromatic N) is 2. The van der Waals surface area contributed by atoms with Gasteiger partial charge in [0, 0.05) is 31.9 Å². The number of pyridine rings is 1. The Balaban J connectivity index is 2.08. The first-order chi connectivity index (χ1) is 9.41. The summed E-state index contributed by atoms with van der Waals surface area (Å²) in [5.74, 6) is 0. The van der Waals surface area contributed by atoms with Crippen LogP contribution in [-0.4, -0.2) is 36.8 Å². The lowest BCUT2D eigenvalue weighted by Crippen LogP contribution is -2.41. The molecule has 1 aliphatic carbocycles. The molecule has 0 unspecified atom stereocenters. The Labute approximate surface area is 121 Å². The Kier molecular flexibility index (Phi) is 4.78. The average Bonchev–Trinajstić information content (AvgIpc) is 2.34. The summed E-state index contributed by atoms with van der Waals surface area (Å²) in [5.41, 5.74) is 0.990. The number of sulfonamides is 1. The number of nitrogens with one attached hydrogen (secondary N) is 1. The van der Waals surface area contributed by atoms with Crippen LogP contribution in [0.5, 0.6) is 0 Å². The first-order valence-corrected chi connectivity index (χ1v) is 8.51. The van der Waals surface area contributed by atoms with Crippen molar-refractivity contribution in [3.63, 3.8) is 0 Å². The first-order valence-electron chi connectivity index (χ1n) is 7.07. The second kappa shape index (κ2) is 6.20. The monoisotopic (exact) mass is 297 g/mol. The Bertz CT molecular complexity index is 536. The molecule has 1 aromatic heterocycles. The normalized spacial score (nSPS) is 16.6. The molecule has 1 heterocycles. The Hall–Kier alpha value is -0.980. The highest BCUT2D eigenvalue weighted by Gasteiger charge is 2.32. The molecule has 0 aromatic carbocycles. The van der Waals surface area contributed by atoms with Gasteiger partial charge in [0.25, 0.3) is 10.0 Å². The van der Waals surface area contributed by atoms with Gasteiger partial charge in [0.15, 0.2) is 5.03 Å². The summed E-state index contributed by atoms with van der Waals surface area (Å²) < 4.78 is 26.2. The van der Waals surface area contributed by atoms with E-state index in [1.165, 1.54) is 4.31 Å². The van der Waals surface area contributed by atoms with Crippen LogP contribution in [0.3, 0.4) is 0 Å². The molecule has 5 nitrogen and oxygen atoms in total. The van der Waals surface area contributed by atoms with Crippen LogP contribution in [0.15, 0.2) is 23.4 Å². The number of aromatic nitrogens is 1.